The van der Waals surface area contributed by atoms with Crippen LogP contribution in [0.2, 0.25) is 0 Å². The van der Waals surface area contributed by atoms with Crippen molar-refractivity contribution in [3.05, 3.63) is 45.5 Å². The topological polar surface area (TPSA) is 82.0 Å². The Balaban J connectivity index is 2.93. The van der Waals surface area contributed by atoms with Crippen LogP contribution in [0.4, 0.5) is 11.5 Å². The third kappa shape index (κ3) is 1.92. The van der Waals surface area contributed by atoms with Crippen molar-refractivity contribution < 1.29 is 4.92 Å². The second kappa shape index (κ2) is 4.39. The van der Waals surface area contributed by atoms with Gasteiger partial charge in [0.15, 0.2) is 0 Å². The van der Waals surface area contributed by atoms with Crippen molar-refractivity contribution in [1.29, 1.82) is 0 Å². The second-order valence-electron chi connectivity index (χ2n) is 3.33. The Morgan fingerprint density at radius 1 is 1.41 bits per heavy atom. The van der Waals surface area contributed by atoms with E-state index in [0.717, 1.165) is 0 Å². The molecule has 0 radical (unpaired) electrons. The zero-order valence-electron chi connectivity index (χ0n) is 8.63. The summed E-state index contributed by atoms with van der Waals surface area (Å²) in [6, 6.07) is 7.03. The summed E-state index contributed by atoms with van der Waals surface area (Å²) in [6.45, 7) is 0. The van der Waals surface area contributed by atoms with Gasteiger partial charge >= 0.3 is 5.69 Å². The molecule has 1 aromatic heterocycles. The number of halogens is 1. The van der Waals surface area contributed by atoms with Crippen molar-refractivity contribution in [3.63, 3.8) is 0 Å². The number of aromatic nitrogens is 1. The molecule has 0 aliphatic carbocycles. The van der Waals surface area contributed by atoms with Crippen LogP contribution in [0.15, 0.2) is 29.8 Å². The zero-order chi connectivity index (χ0) is 12.4. The number of nitrogen functional groups attached to an aromatic ring is 1. The molecule has 0 spiro atoms. The van der Waals surface area contributed by atoms with E-state index in [1.807, 2.05) is 0 Å². The van der Waals surface area contributed by atoms with Crippen molar-refractivity contribution >= 4 is 40.1 Å². The molecule has 2 N–H and O–H groups in total. The van der Waals surface area contributed by atoms with Crippen LogP contribution < -0.4 is 5.73 Å². The SMILES string of the molecule is Nc1nc2ccccc2c(C=CCl)c1[N+](=O)[O-]. The van der Waals surface area contributed by atoms with Crippen molar-refractivity contribution in [2.75, 3.05) is 5.73 Å². The summed E-state index contributed by atoms with van der Waals surface area (Å²) >= 11 is 5.50. The van der Waals surface area contributed by atoms with E-state index in [2.05, 4.69) is 4.98 Å². The lowest BCUT2D eigenvalue weighted by Gasteiger charge is -2.05. The third-order valence-corrected chi connectivity index (χ3v) is 2.47. The molecule has 0 aliphatic rings. The summed E-state index contributed by atoms with van der Waals surface area (Å²) in [7, 11) is 0. The van der Waals surface area contributed by atoms with E-state index in [1.165, 1.54) is 11.6 Å². The van der Waals surface area contributed by atoms with Gasteiger partial charge in [0, 0.05) is 10.9 Å². The van der Waals surface area contributed by atoms with Gasteiger partial charge in [-0.25, -0.2) is 4.98 Å². The van der Waals surface area contributed by atoms with Crippen LogP contribution in [0.1, 0.15) is 5.56 Å². The molecular formula is C11H8ClN3O2. The first-order valence-electron chi connectivity index (χ1n) is 4.74. The summed E-state index contributed by atoms with van der Waals surface area (Å²) in [5.41, 5.74) is 7.55. The number of para-hydroxylation sites is 1. The Morgan fingerprint density at radius 2 is 2.12 bits per heavy atom. The predicted octanol–water partition coefficient (Wildman–Crippen LogP) is 2.93. The van der Waals surface area contributed by atoms with Gasteiger partial charge in [-0.05, 0) is 12.1 Å². The summed E-state index contributed by atoms with van der Waals surface area (Å²) in [5.74, 6) is -0.113. The van der Waals surface area contributed by atoms with Crippen molar-refractivity contribution in [1.82, 2.24) is 4.98 Å². The fourth-order valence-corrected chi connectivity index (χ4v) is 1.80. The summed E-state index contributed by atoms with van der Waals surface area (Å²) < 4.78 is 0. The van der Waals surface area contributed by atoms with Crippen LogP contribution >= 0.6 is 11.6 Å². The highest BCUT2D eigenvalue weighted by Gasteiger charge is 2.20. The first-order valence-corrected chi connectivity index (χ1v) is 5.18. The lowest BCUT2D eigenvalue weighted by atomic mass is 10.1. The first-order chi connectivity index (χ1) is 8.15. The van der Waals surface area contributed by atoms with Gasteiger partial charge in [-0.1, -0.05) is 29.8 Å². The highest BCUT2D eigenvalue weighted by Crippen LogP contribution is 2.32. The predicted molar refractivity (Wildman–Crippen MR) is 67.7 cm³/mol. The van der Waals surface area contributed by atoms with Crippen LogP contribution in [-0.2, 0) is 0 Å². The van der Waals surface area contributed by atoms with Gasteiger partial charge in [0.25, 0.3) is 0 Å². The van der Waals surface area contributed by atoms with E-state index in [1.54, 1.807) is 24.3 Å². The number of rotatable bonds is 2. The lowest BCUT2D eigenvalue weighted by Crippen LogP contribution is -2.01. The quantitative estimate of drug-likeness (QED) is 0.655. The largest absolute Gasteiger partial charge is 0.378 e. The monoisotopic (exact) mass is 249 g/mol. The van der Waals surface area contributed by atoms with E-state index in [-0.39, 0.29) is 11.5 Å². The molecule has 0 atom stereocenters. The van der Waals surface area contributed by atoms with Crippen molar-refractivity contribution in [2.45, 2.75) is 0 Å². The average Bonchev–Trinajstić information content (AvgIpc) is 2.28. The fourth-order valence-electron chi connectivity index (χ4n) is 1.67. The number of pyridine rings is 1. The Hall–Kier alpha value is -2.14. The maximum atomic E-state index is 11.0. The maximum Gasteiger partial charge on any atom is 0.318 e. The van der Waals surface area contributed by atoms with Crippen molar-refractivity contribution in [2.24, 2.45) is 0 Å². The van der Waals surface area contributed by atoms with Gasteiger partial charge in [-0.3, -0.25) is 10.1 Å². The van der Waals surface area contributed by atoms with E-state index >= 15 is 0 Å². The number of nitrogens with two attached hydrogens (primary N) is 1. The Morgan fingerprint density at radius 3 is 2.76 bits per heavy atom. The van der Waals surface area contributed by atoms with Crippen LogP contribution in [0.25, 0.3) is 17.0 Å². The number of benzene rings is 1. The number of nitrogens with zero attached hydrogens (tertiary/aromatic N) is 2. The normalized spacial score (nSPS) is 11.1. The number of anilines is 1. The number of hydrogen-bond acceptors (Lipinski definition) is 4. The summed E-state index contributed by atoms with van der Waals surface area (Å²) in [5, 5.41) is 11.6. The zero-order valence-corrected chi connectivity index (χ0v) is 9.39. The lowest BCUT2D eigenvalue weighted by molar-refractivity contribution is -0.384. The Bertz CT molecular complexity index is 625. The highest BCUT2D eigenvalue weighted by molar-refractivity contribution is 6.27. The molecule has 0 saturated carbocycles. The summed E-state index contributed by atoms with van der Waals surface area (Å²) in [6.07, 6.45) is 1.44. The van der Waals surface area contributed by atoms with Gasteiger partial charge in [-0.2, -0.15) is 0 Å². The standard InChI is InChI=1S/C11H8ClN3O2/c12-6-5-8-7-3-1-2-4-9(7)14-11(13)10(8)15(16)17/h1-6H,(H2,13,14). The molecular weight excluding hydrogens is 242 g/mol. The molecule has 1 heterocycles. The minimum atomic E-state index is -0.555. The molecule has 0 aliphatic heterocycles. The Kier molecular flexibility index (Phi) is 2.93. The van der Waals surface area contributed by atoms with Crippen molar-refractivity contribution in [3.8, 4) is 0 Å². The number of nitro groups is 1. The van der Waals surface area contributed by atoms with Crippen LogP contribution in [0.5, 0.6) is 0 Å². The molecule has 0 unspecified atom stereocenters. The smallest absolute Gasteiger partial charge is 0.318 e. The van der Waals surface area contributed by atoms with E-state index in [9.17, 15) is 10.1 Å². The van der Waals surface area contributed by atoms with Crippen LogP contribution in [0, 0.1) is 10.1 Å². The number of fused-ring (bicyclic) bond motifs is 1. The van der Waals surface area contributed by atoms with Gasteiger partial charge < -0.3 is 5.73 Å². The van der Waals surface area contributed by atoms with Gasteiger partial charge in [0.05, 0.1) is 16.0 Å². The minimum absolute atomic E-state index is 0.113. The summed E-state index contributed by atoms with van der Waals surface area (Å²) in [4.78, 5) is 14.4. The van der Waals surface area contributed by atoms with Crippen LogP contribution in [-0.4, -0.2) is 9.91 Å². The third-order valence-electron chi connectivity index (χ3n) is 2.35. The van der Waals surface area contributed by atoms with E-state index < -0.39 is 4.92 Å². The molecule has 17 heavy (non-hydrogen) atoms. The molecule has 0 amide bonds. The first kappa shape index (κ1) is 11.3. The molecule has 86 valence electrons. The molecule has 1 aromatic carbocycles. The maximum absolute atomic E-state index is 11.0. The molecule has 0 fully saturated rings. The molecule has 5 nitrogen and oxygen atoms in total. The average molecular weight is 250 g/mol. The van der Waals surface area contributed by atoms with Gasteiger partial charge in [0.2, 0.25) is 5.82 Å². The molecule has 2 aromatic rings. The molecule has 0 bridgehead atoms. The molecule has 2 rings (SSSR count). The fraction of sp³-hybridized carbons (Fsp3) is 0. The second-order valence-corrected chi connectivity index (χ2v) is 3.58. The number of hydrogen-bond donors (Lipinski definition) is 1. The van der Waals surface area contributed by atoms with Crippen LogP contribution in [0.3, 0.4) is 0 Å². The van der Waals surface area contributed by atoms with Gasteiger partial charge in [0.1, 0.15) is 0 Å². The van der Waals surface area contributed by atoms with E-state index in [4.69, 9.17) is 17.3 Å². The highest BCUT2D eigenvalue weighted by atomic mass is 35.5. The Labute approximate surface area is 102 Å². The van der Waals surface area contributed by atoms with E-state index in [0.29, 0.717) is 16.5 Å². The molecule has 0 saturated heterocycles. The molecule has 6 heteroatoms. The van der Waals surface area contributed by atoms with Gasteiger partial charge in [-0.15, -0.1) is 0 Å². The minimum Gasteiger partial charge on any atom is -0.378 e.